The van der Waals surface area contributed by atoms with Crippen LogP contribution >= 0.6 is 0 Å². The van der Waals surface area contributed by atoms with Crippen molar-refractivity contribution in [3.63, 3.8) is 0 Å². The predicted octanol–water partition coefficient (Wildman–Crippen LogP) is 13.8. The Bertz CT molecular complexity index is 3440. The van der Waals surface area contributed by atoms with Gasteiger partial charge in [0.15, 0.2) is 0 Å². The molecule has 0 N–H and O–H groups in total. The van der Waals surface area contributed by atoms with E-state index in [1.165, 1.54) is 59.9 Å². The summed E-state index contributed by atoms with van der Waals surface area (Å²) in [5, 5.41) is 12.2. The van der Waals surface area contributed by atoms with Gasteiger partial charge in [0.1, 0.15) is 11.2 Å². The fourth-order valence-corrected chi connectivity index (χ4v) is 9.03. The van der Waals surface area contributed by atoms with E-state index in [0.29, 0.717) is 0 Å². The molecule has 3 nitrogen and oxygen atoms in total. The van der Waals surface area contributed by atoms with Gasteiger partial charge in [0.05, 0.1) is 27.5 Å². The third-order valence-electron chi connectivity index (χ3n) is 11.3. The molecule has 9 aromatic carbocycles. The molecule has 12 rings (SSSR count). The standard InChI is InChI=1S/C50H30N2O/c1-3-13-33(14-4-1)51-43-26-23-32(30-42(43)48-45(51)28-25-40-37-19-11-12-22-46(37)53-50(40)48)31-24-27-44-41(29-31)47-38-20-9-7-17-35(38)36-18-8-10-21-39(36)49(47)52(44)34-15-5-2-6-16-34/h1-30H. The number of hydrogen-bond acceptors (Lipinski definition) is 1. The third-order valence-corrected chi connectivity index (χ3v) is 11.3. The summed E-state index contributed by atoms with van der Waals surface area (Å²) in [6.07, 6.45) is 0. The Morgan fingerprint density at radius 3 is 1.53 bits per heavy atom. The minimum absolute atomic E-state index is 0.909. The number of hydrogen-bond donors (Lipinski definition) is 0. The van der Waals surface area contributed by atoms with Crippen LogP contribution in [0.4, 0.5) is 0 Å². The Balaban J connectivity index is 1.19. The molecule has 0 radical (unpaired) electrons. The first kappa shape index (κ1) is 28.6. The summed E-state index contributed by atoms with van der Waals surface area (Å²) in [7, 11) is 0. The first-order valence-corrected chi connectivity index (χ1v) is 18.2. The molecule has 0 aliphatic heterocycles. The molecular weight excluding hydrogens is 645 g/mol. The first-order chi connectivity index (χ1) is 26.3. The van der Waals surface area contributed by atoms with E-state index in [4.69, 9.17) is 4.42 Å². The summed E-state index contributed by atoms with van der Waals surface area (Å²) < 4.78 is 11.5. The largest absolute Gasteiger partial charge is 0.455 e. The molecule has 12 aromatic rings. The average molecular weight is 675 g/mol. The second kappa shape index (κ2) is 10.7. The van der Waals surface area contributed by atoms with Crippen molar-refractivity contribution >= 4 is 87.1 Å². The maximum atomic E-state index is 6.68. The summed E-state index contributed by atoms with van der Waals surface area (Å²) in [6, 6.07) is 65.9. The lowest BCUT2D eigenvalue weighted by molar-refractivity contribution is 0.673. The molecule has 3 heterocycles. The van der Waals surface area contributed by atoms with Gasteiger partial charge in [-0.05, 0) is 94.0 Å². The highest BCUT2D eigenvalue weighted by Crippen LogP contribution is 2.45. The first-order valence-electron chi connectivity index (χ1n) is 18.2. The van der Waals surface area contributed by atoms with Gasteiger partial charge in [-0.25, -0.2) is 0 Å². The summed E-state index contributed by atoms with van der Waals surface area (Å²) in [5.41, 5.74) is 11.2. The van der Waals surface area contributed by atoms with Crippen LogP contribution in [0.1, 0.15) is 0 Å². The zero-order valence-electron chi connectivity index (χ0n) is 28.6. The molecule has 0 aliphatic rings. The van der Waals surface area contributed by atoms with Gasteiger partial charge in [-0.1, -0.05) is 115 Å². The van der Waals surface area contributed by atoms with E-state index in [1.54, 1.807) is 0 Å². The minimum Gasteiger partial charge on any atom is -0.455 e. The lowest BCUT2D eigenvalue weighted by Gasteiger charge is -2.12. The molecule has 246 valence electrons. The van der Waals surface area contributed by atoms with Gasteiger partial charge < -0.3 is 13.6 Å². The van der Waals surface area contributed by atoms with Gasteiger partial charge in [0, 0.05) is 43.7 Å². The van der Waals surface area contributed by atoms with E-state index in [1.807, 2.05) is 6.07 Å². The van der Waals surface area contributed by atoms with E-state index in [2.05, 4.69) is 185 Å². The second-order valence-electron chi connectivity index (χ2n) is 14.1. The molecule has 0 bridgehead atoms. The van der Waals surface area contributed by atoms with E-state index in [0.717, 1.165) is 49.7 Å². The van der Waals surface area contributed by atoms with Crippen molar-refractivity contribution < 1.29 is 4.42 Å². The van der Waals surface area contributed by atoms with Gasteiger partial charge in [0.25, 0.3) is 0 Å². The number of rotatable bonds is 3. The van der Waals surface area contributed by atoms with Crippen LogP contribution in [0.25, 0.3) is 110 Å². The van der Waals surface area contributed by atoms with Crippen LogP contribution in [0.2, 0.25) is 0 Å². The van der Waals surface area contributed by atoms with Crippen molar-refractivity contribution in [3.8, 4) is 22.5 Å². The Morgan fingerprint density at radius 1 is 0.321 bits per heavy atom. The predicted molar refractivity (Wildman–Crippen MR) is 223 cm³/mol. The van der Waals surface area contributed by atoms with Crippen molar-refractivity contribution in [2.24, 2.45) is 0 Å². The van der Waals surface area contributed by atoms with Gasteiger partial charge in [-0.15, -0.1) is 0 Å². The maximum absolute atomic E-state index is 6.68. The Hall–Kier alpha value is -7.10. The molecule has 0 atom stereocenters. The smallest absolute Gasteiger partial charge is 0.145 e. The van der Waals surface area contributed by atoms with Crippen LogP contribution < -0.4 is 0 Å². The molecule has 0 unspecified atom stereocenters. The molecule has 0 aliphatic carbocycles. The van der Waals surface area contributed by atoms with Crippen molar-refractivity contribution in [3.05, 3.63) is 182 Å². The second-order valence-corrected chi connectivity index (χ2v) is 14.1. The molecule has 3 heteroatoms. The summed E-state index contributed by atoms with van der Waals surface area (Å²) in [5.74, 6) is 0. The number of para-hydroxylation sites is 3. The van der Waals surface area contributed by atoms with Gasteiger partial charge in [0.2, 0.25) is 0 Å². The van der Waals surface area contributed by atoms with Crippen LogP contribution in [0.3, 0.4) is 0 Å². The molecular formula is C50H30N2O. The lowest BCUT2D eigenvalue weighted by Crippen LogP contribution is -1.94. The molecule has 3 aromatic heterocycles. The normalized spacial score (nSPS) is 12.2. The topological polar surface area (TPSA) is 23.0 Å². The van der Waals surface area contributed by atoms with E-state index < -0.39 is 0 Å². The van der Waals surface area contributed by atoms with Crippen LogP contribution in [-0.2, 0) is 0 Å². The Kier molecular flexibility index (Phi) is 5.77. The molecule has 0 saturated carbocycles. The SMILES string of the molecule is c1ccc(-n2c3ccc(-c4ccc5c(c4)c4c6ccccc6c6ccccc6c4n5-c4ccccc4)cc3c3c4oc5ccccc5c4ccc32)cc1. The fraction of sp³-hybridized carbons (Fsp3) is 0. The monoisotopic (exact) mass is 674 g/mol. The zero-order chi connectivity index (χ0) is 34.6. The Morgan fingerprint density at radius 2 is 0.830 bits per heavy atom. The highest BCUT2D eigenvalue weighted by Gasteiger charge is 2.22. The van der Waals surface area contributed by atoms with Crippen LogP contribution in [-0.4, -0.2) is 9.13 Å². The van der Waals surface area contributed by atoms with Gasteiger partial charge in [-0.2, -0.15) is 0 Å². The maximum Gasteiger partial charge on any atom is 0.145 e. The molecule has 0 saturated heterocycles. The summed E-state index contributed by atoms with van der Waals surface area (Å²) >= 11 is 0. The molecule has 53 heavy (non-hydrogen) atoms. The minimum atomic E-state index is 0.909. The molecule has 0 fully saturated rings. The third kappa shape index (κ3) is 3.94. The zero-order valence-corrected chi connectivity index (χ0v) is 28.6. The Labute approximate surface area is 304 Å². The average Bonchev–Trinajstić information content (AvgIpc) is 3.89. The van der Waals surface area contributed by atoms with Crippen LogP contribution in [0.5, 0.6) is 0 Å². The number of furan rings is 1. The highest BCUT2D eigenvalue weighted by atomic mass is 16.3. The van der Waals surface area contributed by atoms with Crippen LogP contribution in [0, 0.1) is 0 Å². The summed E-state index contributed by atoms with van der Waals surface area (Å²) in [6.45, 7) is 0. The van der Waals surface area contributed by atoms with Crippen molar-refractivity contribution in [2.75, 3.05) is 0 Å². The number of fused-ring (bicyclic) bond motifs is 15. The fourth-order valence-electron chi connectivity index (χ4n) is 9.03. The number of benzene rings is 9. The number of aromatic nitrogens is 2. The quantitative estimate of drug-likeness (QED) is 0.171. The summed E-state index contributed by atoms with van der Waals surface area (Å²) in [4.78, 5) is 0. The highest BCUT2D eigenvalue weighted by molar-refractivity contribution is 6.32. The van der Waals surface area contributed by atoms with E-state index in [9.17, 15) is 0 Å². The molecule has 0 amide bonds. The van der Waals surface area contributed by atoms with E-state index >= 15 is 0 Å². The molecule has 0 spiro atoms. The number of nitrogens with zero attached hydrogens (tertiary/aromatic N) is 2. The van der Waals surface area contributed by atoms with E-state index in [-0.39, 0.29) is 0 Å². The lowest BCUT2D eigenvalue weighted by atomic mass is 9.95. The van der Waals surface area contributed by atoms with Gasteiger partial charge in [-0.3, -0.25) is 0 Å². The van der Waals surface area contributed by atoms with Crippen molar-refractivity contribution in [1.29, 1.82) is 0 Å². The van der Waals surface area contributed by atoms with Gasteiger partial charge >= 0.3 is 0 Å². The van der Waals surface area contributed by atoms with Crippen molar-refractivity contribution in [1.82, 2.24) is 9.13 Å². The van der Waals surface area contributed by atoms with Crippen LogP contribution in [0.15, 0.2) is 186 Å². The van der Waals surface area contributed by atoms with Crippen molar-refractivity contribution in [2.45, 2.75) is 0 Å².